The lowest BCUT2D eigenvalue weighted by molar-refractivity contribution is -0.145. The molecule has 30 heavy (non-hydrogen) atoms. The lowest BCUT2D eigenvalue weighted by atomic mass is 10.1. The van der Waals surface area contributed by atoms with Crippen molar-refractivity contribution in [1.29, 1.82) is 0 Å². The van der Waals surface area contributed by atoms with Gasteiger partial charge in [0.05, 0.1) is 12.3 Å². The summed E-state index contributed by atoms with van der Waals surface area (Å²) in [6.45, 7) is 5.74. The van der Waals surface area contributed by atoms with E-state index < -0.39 is 0 Å². The van der Waals surface area contributed by atoms with Gasteiger partial charge in [-0.2, -0.15) is 0 Å². The van der Waals surface area contributed by atoms with Crippen molar-refractivity contribution in [3.05, 3.63) is 23.0 Å². The monoisotopic (exact) mass is 421 g/mol. The molecular formula is C24H39NO5. The molecule has 0 saturated carbocycles. The summed E-state index contributed by atoms with van der Waals surface area (Å²) in [5, 5.41) is 9.84. The van der Waals surface area contributed by atoms with E-state index in [1.807, 2.05) is 0 Å². The Hall–Kier alpha value is -1.95. The molecule has 0 atom stereocenters. The van der Waals surface area contributed by atoms with E-state index in [1.165, 1.54) is 19.3 Å². The highest BCUT2D eigenvalue weighted by Crippen LogP contribution is 2.27. The summed E-state index contributed by atoms with van der Waals surface area (Å²) in [6.07, 6.45) is 12.9. The first kappa shape index (κ1) is 26.1. The number of aromatic nitrogens is 1. The number of unbranched alkanes of at least 4 members (excludes halogenated alkanes) is 8. The Morgan fingerprint density at radius 2 is 1.47 bits per heavy atom. The molecule has 0 bridgehead atoms. The number of esters is 2. The number of rotatable bonds is 16. The third kappa shape index (κ3) is 10.2. The van der Waals surface area contributed by atoms with E-state index >= 15 is 0 Å². The van der Waals surface area contributed by atoms with Gasteiger partial charge in [-0.3, -0.25) is 14.6 Å². The minimum atomic E-state index is -0.327. The molecule has 0 aliphatic heterocycles. The fraction of sp³-hybridized carbons (Fsp3) is 0.708. The molecule has 1 heterocycles. The summed E-state index contributed by atoms with van der Waals surface area (Å²) < 4.78 is 10.9. The van der Waals surface area contributed by atoms with E-state index in [1.54, 1.807) is 13.1 Å². The van der Waals surface area contributed by atoms with Crippen molar-refractivity contribution in [3.8, 4) is 5.75 Å². The number of carbonyl (C=O) groups is 2. The van der Waals surface area contributed by atoms with Gasteiger partial charge in [0, 0.05) is 30.2 Å². The number of aliphatic hydroxyl groups excluding tert-OH is 1. The molecule has 1 N–H and O–H groups in total. The average Bonchev–Trinajstić information content (AvgIpc) is 2.73. The molecule has 1 aromatic rings. The van der Waals surface area contributed by atoms with Crippen molar-refractivity contribution in [2.24, 2.45) is 0 Å². The first-order valence-corrected chi connectivity index (χ1v) is 11.5. The molecule has 0 fully saturated rings. The third-order valence-corrected chi connectivity index (χ3v) is 5.14. The largest absolute Gasteiger partial charge is 0.461 e. The molecule has 0 saturated heterocycles. The second-order valence-electron chi connectivity index (χ2n) is 7.80. The van der Waals surface area contributed by atoms with Gasteiger partial charge in [0.15, 0.2) is 5.75 Å². The van der Waals surface area contributed by atoms with Gasteiger partial charge in [-0.05, 0) is 19.8 Å². The number of carbonyl (C=O) groups excluding carboxylic acids is 2. The minimum Gasteiger partial charge on any atom is -0.461 e. The maximum atomic E-state index is 12.2. The number of pyridine rings is 1. The average molecular weight is 422 g/mol. The van der Waals surface area contributed by atoms with Crippen LogP contribution in [0.25, 0.3) is 0 Å². The van der Waals surface area contributed by atoms with Crippen molar-refractivity contribution in [2.45, 2.75) is 111 Å². The predicted octanol–water partition coefficient (Wildman–Crippen LogP) is 5.55. The lowest BCUT2D eigenvalue weighted by Gasteiger charge is -2.15. The van der Waals surface area contributed by atoms with Gasteiger partial charge in [0.1, 0.15) is 6.61 Å². The molecule has 0 unspecified atom stereocenters. The summed E-state index contributed by atoms with van der Waals surface area (Å²) in [7, 11) is 0. The van der Waals surface area contributed by atoms with Crippen LogP contribution in [0, 0.1) is 6.92 Å². The zero-order valence-electron chi connectivity index (χ0n) is 19.0. The van der Waals surface area contributed by atoms with E-state index in [4.69, 9.17) is 9.47 Å². The van der Waals surface area contributed by atoms with Crippen LogP contribution in [0.15, 0.2) is 6.20 Å². The molecule has 6 heteroatoms. The van der Waals surface area contributed by atoms with Crippen molar-refractivity contribution in [1.82, 2.24) is 4.98 Å². The fourth-order valence-electron chi connectivity index (χ4n) is 3.25. The number of ether oxygens (including phenoxy) is 2. The second-order valence-corrected chi connectivity index (χ2v) is 7.80. The Balaban J connectivity index is 2.59. The van der Waals surface area contributed by atoms with Crippen LogP contribution in [-0.4, -0.2) is 22.0 Å². The molecule has 6 nitrogen and oxygen atoms in total. The van der Waals surface area contributed by atoms with Gasteiger partial charge in [0.2, 0.25) is 0 Å². The highest BCUT2D eigenvalue weighted by molar-refractivity contribution is 5.73. The Kier molecular flexibility index (Phi) is 13.8. The molecule has 1 aromatic heterocycles. The molecule has 0 aromatic carbocycles. The summed E-state index contributed by atoms with van der Waals surface area (Å²) in [6, 6.07) is 0. The molecule has 0 spiro atoms. The third-order valence-electron chi connectivity index (χ3n) is 5.14. The summed E-state index contributed by atoms with van der Waals surface area (Å²) in [5.74, 6) is -0.307. The molecular weight excluding hydrogens is 382 g/mol. The summed E-state index contributed by atoms with van der Waals surface area (Å²) in [4.78, 5) is 28.5. The van der Waals surface area contributed by atoms with Gasteiger partial charge in [0.25, 0.3) is 0 Å². The summed E-state index contributed by atoms with van der Waals surface area (Å²) in [5.41, 5.74) is 1.55. The standard InChI is InChI=1S/C24H39NO5/c1-4-6-8-10-12-14-22(27)29-18-20-16-25-19(3)24(21(20)17-26)30-23(28)15-13-11-9-7-5-2/h16,26H,4-15,17-18H2,1-3H3. The van der Waals surface area contributed by atoms with Gasteiger partial charge in [-0.25, -0.2) is 0 Å². The SMILES string of the molecule is CCCCCCCC(=O)OCc1cnc(C)c(OC(=O)CCCCCCC)c1CO. The second kappa shape index (κ2) is 15.8. The zero-order chi connectivity index (χ0) is 22.2. The molecule has 170 valence electrons. The van der Waals surface area contributed by atoms with Crippen molar-refractivity contribution in [3.63, 3.8) is 0 Å². The number of aliphatic hydroxyl groups is 1. The predicted molar refractivity (Wildman–Crippen MR) is 117 cm³/mol. The van der Waals surface area contributed by atoms with Crippen molar-refractivity contribution in [2.75, 3.05) is 0 Å². The molecule has 0 amide bonds. The maximum absolute atomic E-state index is 12.2. The molecule has 0 radical (unpaired) electrons. The van der Waals surface area contributed by atoms with E-state index in [0.29, 0.717) is 29.7 Å². The lowest BCUT2D eigenvalue weighted by Crippen LogP contribution is -2.13. The Morgan fingerprint density at radius 3 is 2.03 bits per heavy atom. The fourth-order valence-corrected chi connectivity index (χ4v) is 3.25. The Morgan fingerprint density at radius 1 is 0.900 bits per heavy atom. The maximum Gasteiger partial charge on any atom is 0.311 e. The number of hydrogen-bond donors (Lipinski definition) is 1. The van der Waals surface area contributed by atoms with Crippen LogP contribution in [0.5, 0.6) is 5.75 Å². The van der Waals surface area contributed by atoms with Crippen LogP contribution in [0.4, 0.5) is 0 Å². The number of nitrogens with zero attached hydrogens (tertiary/aromatic N) is 1. The number of aryl methyl sites for hydroxylation is 1. The normalized spacial score (nSPS) is 10.8. The first-order chi connectivity index (χ1) is 14.5. The quantitative estimate of drug-likeness (QED) is 0.278. The van der Waals surface area contributed by atoms with Gasteiger partial charge < -0.3 is 14.6 Å². The van der Waals surface area contributed by atoms with Crippen molar-refractivity contribution >= 4 is 11.9 Å². The van der Waals surface area contributed by atoms with Crippen LogP contribution in [-0.2, 0) is 27.5 Å². The van der Waals surface area contributed by atoms with Crippen LogP contribution < -0.4 is 4.74 Å². The molecule has 0 aliphatic rings. The van der Waals surface area contributed by atoms with Crippen LogP contribution >= 0.6 is 0 Å². The van der Waals surface area contributed by atoms with Crippen molar-refractivity contribution < 1.29 is 24.2 Å². The van der Waals surface area contributed by atoms with Gasteiger partial charge in [-0.1, -0.05) is 65.2 Å². The Bertz CT molecular complexity index is 645. The number of hydrogen-bond acceptors (Lipinski definition) is 6. The molecule has 0 aliphatic carbocycles. The van der Waals surface area contributed by atoms with Crippen LogP contribution in [0.1, 0.15) is 108 Å². The topological polar surface area (TPSA) is 85.7 Å². The van der Waals surface area contributed by atoms with Gasteiger partial charge >= 0.3 is 11.9 Å². The Labute approximate surface area is 181 Å². The van der Waals surface area contributed by atoms with E-state index in [9.17, 15) is 14.7 Å². The highest BCUT2D eigenvalue weighted by Gasteiger charge is 2.17. The highest BCUT2D eigenvalue weighted by atomic mass is 16.5. The smallest absolute Gasteiger partial charge is 0.311 e. The van der Waals surface area contributed by atoms with E-state index in [-0.39, 0.29) is 30.9 Å². The first-order valence-electron chi connectivity index (χ1n) is 11.5. The van der Waals surface area contributed by atoms with Crippen LogP contribution in [0.3, 0.4) is 0 Å². The molecule has 1 rings (SSSR count). The zero-order valence-corrected chi connectivity index (χ0v) is 19.0. The van der Waals surface area contributed by atoms with Crippen LogP contribution in [0.2, 0.25) is 0 Å². The van der Waals surface area contributed by atoms with Gasteiger partial charge in [-0.15, -0.1) is 0 Å². The van der Waals surface area contributed by atoms with E-state index in [2.05, 4.69) is 18.8 Å². The minimum absolute atomic E-state index is 0.0124. The van der Waals surface area contributed by atoms with E-state index in [0.717, 1.165) is 44.9 Å². The summed E-state index contributed by atoms with van der Waals surface area (Å²) >= 11 is 0.